The van der Waals surface area contributed by atoms with Crippen LogP contribution in [0.3, 0.4) is 0 Å². The minimum absolute atomic E-state index is 0.101. The molecule has 1 aliphatic carbocycles. The van der Waals surface area contributed by atoms with Crippen molar-refractivity contribution in [2.75, 3.05) is 25.0 Å². The van der Waals surface area contributed by atoms with E-state index in [-0.39, 0.29) is 11.9 Å². The molecule has 1 saturated carbocycles. The Hall–Kier alpha value is -1.55. The van der Waals surface area contributed by atoms with Crippen LogP contribution in [0.15, 0.2) is 24.3 Å². The van der Waals surface area contributed by atoms with Gasteiger partial charge in [0.1, 0.15) is 0 Å². The molecule has 0 radical (unpaired) electrons. The van der Waals surface area contributed by atoms with E-state index in [9.17, 15) is 4.79 Å². The summed E-state index contributed by atoms with van der Waals surface area (Å²) in [4.78, 5) is 16.3. The predicted molar refractivity (Wildman–Crippen MR) is 76.0 cm³/mol. The topological polar surface area (TPSA) is 49.6 Å². The Morgan fingerprint density at radius 2 is 2.11 bits per heavy atom. The number of rotatable bonds is 3. The summed E-state index contributed by atoms with van der Waals surface area (Å²) < 4.78 is 0. The second-order valence-electron chi connectivity index (χ2n) is 5.61. The first kappa shape index (κ1) is 12.5. The van der Waals surface area contributed by atoms with Crippen molar-refractivity contribution in [1.82, 2.24) is 4.90 Å². The average Bonchev–Trinajstić information content (AvgIpc) is 3.26. The monoisotopic (exact) mass is 259 g/mol. The quantitative estimate of drug-likeness (QED) is 0.895. The molecule has 3 rings (SSSR count). The van der Waals surface area contributed by atoms with Gasteiger partial charge in [0.15, 0.2) is 0 Å². The van der Waals surface area contributed by atoms with Gasteiger partial charge < -0.3 is 15.5 Å². The molecule has 1 aliphatic heterocycles. The number of para-hydroxylation sites is 1. The number of hydrogen-bond acceptors (Lipinski definition) is 3. The molecule has 1 fully saturated rings. The molecule has 2 N–H and O–H groups in total. The standard InChI is InChI=1S/C15H21N3O/c1-17(11-6-7-11)15(19)10-18-9-8-13(16)12-4-2-3-5-14(12)18/h2-5,11,13H,6-10,16H2,1H3. The summed E-state index contributed by atoms with van der Waals surface area (Å²) in [6.45, 7) is 1.33. The molecule has 1 unspecified atom stereocenters. The number of nitrogens with zero attached hydrogens (tertiary/aromatic N) is 2. The summed E-state index contributed by atoms with van der Waals surface area (Å²) in [6.07, 6.45) is 3.23. The van der Waals surface area contributed by atoms with E-state index in [0.717, 1.165) is 37.1 Å². The number of fused-ring (bicyclic) bond motifs is 1. The second-order valence-corrected chi connectivity index (χ2v) is 5.61. The zero-order valence-electron chi connectivity index (χ0n) is 11.4. The number of hydrogen-bond donors (Lipinski definition) is 1. The summed E-state index contributed by atoms with van der Waals surface area (Å²) in [5, 5.41) is 0. The number of anilines is 1. The van der Waals surface area contributed by atoms with E-state index in [4.69, 9.17) is 5.73 Å². The molecule has 1 amide bonds. The second kappa shape index (κ2) is 4.85. The van der Waals surface area contributed by atoms with Crippen LogP contribution in [0.2, 0.25) is 0 Å². The average molecular weight is 259 g/mol. The largest absolute Gasteiger partial charge is 0.362 e. The lowest BCUT2D eigenvalue weighted by atomic mass is 9.97. The van der Waals surface area contributed by atoms with Gasteiger partial charge in [-0.25, -0.2) is 0 Å². The highest BCUT2D eigenvalue weighted by atomic mass is 16.2. The van der Waals surface area contributed by atoms with Crippen LogP contribution in [0.25, 0.3) is 0 Å². The van der Waals surface area contributed by atoms with Crippen LogP contribution in [0.4, 0.5) is 5.69 Å². The fraction of sp³-hybridized carbons (Fsp3) is 0.533. The van der Waals surface area contributed by atoms with Gasteiger partial charge in [0.25, 0.3) is 0 Å². The lowest BCUT2D eigenvalue weighted by Crippen LogP contribution is -2.42. The third kappa shape index (κ3) is 2.45. The Bertz CT molecular complexity index is 484. The van der Waals surface area contributed by atoms with Crippen molar-refractivity contribution in [3.8, 4) is 0 Å². The number of carbonyl (C=O) groups excluding carboxylic acids is 1. The maximum atomic E-state index is 12.2. The lowest BCUT2D eigenvalue weighted by Gasteiger charge is -2.34. The van der Waals surface area contributed by atoms with E-state index < -0.39 is 0 Å². The Morgan fingerprint density at radius 3 is 2.84 bits per heavy atom. The Balaban J connectivity index is 1.75. The summed E-state index contributed by atoms with van der Waals surface area (Å²) in [5.41, 5.74) is 8.42. The Kier molecular flexibility index (Phi) is 3.19. The Morgan fingerprint density at radius 1 is 1.37 bits per heavy atom. The van der Waals surface area contributed by atoms with Crippen molar-refractivity contribution < 1.29 is 4.79 Å². The first-order chi connectivity index (χ1) is 9.16. The molecule has 0 spiro atoms. The van der Waals surface area contributed by atoms with Crippen LogP contribution in [0.1, 0.15) is 30.9 Å². The summed E-state index contributed by atoms with van der Waals surface area (Å²) >= 11 is 0. The molecule has 1 heterocycles. The fourth-order valence-corrected chi connectivity index (χ4v) is 2.76. The van der Waals surface area contributed by atoms with Gasteiger partial charge in [-0.05, 0) is 30.9 Å². The number of carbonyl (C=O) groups is 1. The molecule has 0 aromatic heterocycles. The molecule has 0 saturated heterocycles. The first-order valence-electron chi connectivity index (χ1n) is 7.02. The molecule has 0 bridgehead atoms. The normalized spacial score (nSPS) is 22.0. The number of amides is 1. The van der Waals surface area contributed by atoms with Gasteiger partial charge in [-0.3, -0.25) is 4.79 Å². The SMILES string of the molecule is CN(C(=O)CN1CCC(N)c2ccccc21)C1CC1. The molecule has 1 aromatic rings. The predicted octanol–water partition coefficient (Wildman–Crippen LogP) is 1.52. The van der Waals surface area contributed by atoms with Gasteiger partial charge >= 0.3 is 0 Å². The van der Waals surface area contributed by atoms with E-state index in [1.807, 2.05) is 24.1 Å². The van der Waals surface area contributed by atoms with Crippen molar-refractivity contribution in [2.24, 2.45) is 5.73 Å². The van der Waals surface area contributed by atoms with E-state index in [0.29, 0.717) is 12.6 Å². The lowest BCUT2D eigenvalue weighted by molar-refractivity contribution is -0.128. The van der Waals surface area contributed by atoms with Crippen LogP contribution in [0, 0.1) is 0 Å². The van der Waals surface area contributed by atoms with Gasteiger partial charge in [0.2, 0.25) is 5.91 Å². The molecule has 4 nitrogen and oxygen atoms in total. The van der Waals surface area contributed by atoms with E-state index in [1.165, 1.54) is 0 Å². The van der Waals surface area contributed by atoms with Crippen molar-refractivity contribution in [3.05, 3.63) is 29.8 Å². The maximum Gasteiger partial charge on any atom is 0.242 e. The minimum atomic E-state index is 0.101. The molecule has 102 valence electrons. The highest BCUT2D eigenvalue weighted by molar-refractivity contribution is 5.82. The third-order valence-electron chi connectivity index (χ3n) is 4.20. The molecule has 19 heavy (non-hydrogen) atoms. The third-order valence-corrected chi connectivity index (χ3v) is 4.20. The van der Waals surface area contributed by atoms with Crippen molar-refractivity contribution >= 4 is 11.6 Å². The molecule has 1 atom stereocenters. The summed E-state index contributed by atoms with van der Waals surface area (Å²) in [7, 11) is 1.92. The van der Waals surface area contributed by atoms with Crippen LogP contribution in [0.5, 0.6) is 0 Å². The first-order valence-corrected chi connectivity index (χ1v) is 7.02. The zero-order valence-corrected chi connectivity index (χ0v) is 11.4. The van der Waals surface area contributed by atoms with Crippen LogP contribution >= 0.6 is 0 Å². The minimum Gasteiger partial charge on any atom is -0.362 e. The van der Waals surface area contributed by atoms with E-state index in [1.54, 1.807) is 0 Å². The highest BCUT2D eigenvalue weighted by Crippen LogP contribution is 2.32. The molecule has 4 heteroatoms. The molecule has 2 aliphatic rings. The van der Waals surface area contributed by atoms with Crippen LogP contribution in [-0.2, 0) is 4.79 Å². The molecule has 1 aromatic carbocycles. The van der Waals surface area contributed by atoms with Gasteiger partial charge in [-0.2, -0.15) is 0 Å². The number of likely N-dealkylation sites (N-methyl/N-ethyl adjacent to an activating group) is 1. The van der Waals surface area contributed by atoms with Crippen molar-refractivity contribution in [2.45, 2.75) is 31.3 Å². The van der Waals surface area contributed by atoms with Crippen LogP contribution < -0.4 is 10.6 Å². The zero-order chi connectivity index (χ0) is 13.4. The summed E-state index contributed by atoms with van der Waals surface area (Å²) in [6, 6.07) is 8.75. The van der Waals surface area contributed by atoms with Crippen LogP contribution in [-0.4, -0.2) is 37.0 Å². The Labute approximate surface area is 114 Å². The smallest absolute Gasteiger partial charge is 0.242 e. The van der Waals surface area contributed by atoms with Crippen molar-refractivity contribution in [3.63, 3.8) is 0 Å². The summed E-state index contributed by atoms with van der Waals surface area (Å²) in [5.74, 6) is 0.216. The van der Waals surface area contributed by atoms with Gasteiger partial charge in [-0.1, -0.05) is 18.2 Å². The van der Waals surface area contributed by atoms with E-state index >= 15 is 0 Å². The van der Waals surface area contributed by atoms with Gasteiger partial charge in [0, 0.05) is 31.4 Å². The highest BCUT2D eigenvalue weighted by Gasteiger charge is 2.31. The van der Waals surface area contributed by atoms with Crippen molar-refractivity contribution in [1.29, 1.82) is 0 Å². The van der Waals surface area contributed by atoms with Gasteiger partial charge in [0.05, 0.1) is 6.54 Å². The maximum absolute atomic E-state index is 12.2. The number of benzene rings is 1. The number of nitrogens with two attached hydrogens (primary N) is 1. The fourth-order valence-electron chi connectivity index (χ4n) is 2.76. The molecular weight excluding hydrogens is 238 g/mol. The van der Waals surface area contributed by atoms with E-state index in [2.05, 4.69) is 17.0 Å². The molecular formula is C15H21N3O. The van der Waals surface area contributed by atoms with Gasteiger partial charge in [-0.15, -0.1) is 0 Å².